The Morgan fingerprint density at radius 3 is 2.52 bits per heavy atom. The number of amidine groups is 1. The monoisotopic (exact) mass is 579 g/mol. The van der Waals surface area contributed by atoms with E-state index in [1.807, 2.05) is 6.08 Å². The molecular weight excluding hydrogens is 518 g/mol. The summed E-state index contributed by atoms with van der Waals surface area (Å²) in [5.74, 6) is 1.78. The largest absolute Gasteiger partial charge is 0.377 e. The van der Waals surface area contributed by atoms with Gasteiger partial charge in [-0.15, -0.1) is 6.58 Å². The van der Waals surface area contributed by atoms with E-state index in [0.717, 1.165) is 56.4 Å². The van der Waals surface area contributed by atoms with Gasteiger partial charge in [-0.25, -0.2) is 9.98 Å². The number of hydrogen-bond donors (Lipinski definition) is 1. The Balaban J connectivity index is 3.23. The standard InChI is InChI=1S/C36H61N5O/c1-11-16-23-37-24-19-17-18-20-34(14-4)29(6)21-22-30(7)35(15-5)39-36(41-26-27-42-28-32(41)9)38-33(10)40(25-12-2)31(8)13-3/h14-15,17-22,31-32,35,37H,5,11-13,16,23-28H2,1-4,6-10H3/b19-17+,20-18-,29-21+,30-22-,34-14?,38-33+,39-36+/t31-,32?,35?/m0/s1. The van der Waals surface area contributed by atoms with Crippen molar-refractivity contribution in [2.45, 2.75) is 106 Å². The van der Waals surface area contributed by atoms with Gasteiger partial charge in [0, 0.05) is 25.7 Å². The van der Waals surface area contributed by atoms with Crippen molar-refractivity contribution in [2.75, 3.05) is 39.4 Å². The van der Waals surface area contributed by atoms with Crippen molar-refractivity contribution in [3.05, 3.63) is 71.9 Å². The number of hydrogen-bond acceptors (Lipinski definition) is 3. The molecule has 6 nitrogen and oxygen atoms in total. The van der Waals surface area contributed by atoms with E-state index in [9.17, 15) is 0 Å². The number of aliphatic imine (C=N–C) groups is 2. The van der Waals surface area contributed by atoms with Gasteiger partial charge in [-0.05, 0) is 84.1 Å². The highest BCUT2D eigenvalue weighted by molar-refractivity contribution is 5.95. The molecule has 0 spiro atoms. The highest BCUT2D eigenvalue weighted by atomic mass is 16.5. The second-order valence-corrected chi connectivity index (χ2v) is 11.2. The molecule has 1 aliphatic heterocycles. The second kappa shape index (κ2) is 21.9. The van der Waals surface area contributed by atoms with Gasteiger partial charge in [-0.2, -0.15) is 0 Å². The zero-order valence-electron chi connectivity index (χ0n) is 28.3. The molecule has 0 bridgehead atoms. The van der Waals surface area contributed by atoms with Crippen molar-refractivity contribution < 1.29 is 4.74 Å². The zero-order chi connectivity index (χ0) is 31.3. The highest BCUT2D eigenvalue weighted by Gasteiger charge is 2.24. The van der Waals surface area contributed by atoms with Gasteiger partial charge < -0.3 is 19.9 Å². The van der Waals surface area contributed by atoms with Crippen molar-refractivity contribution in [1.29, 1.82) is 0 Å². The second-order valence-electron chi connectivity index (χ2n) is 11.2. The summed E-state index contributed by atoms with van der Waals surface area (Å²) in [6.07, 6.45) is 21.5. The number of ether oxygens (including phenoxy) is 1. The summed E-state index contributed by atoms with van der Waals surface area (Å²) in [5.41, 5.74) is 3.53. The van der Waals surface area contributed by atoms with Gasteiger partial charge in [0.25, 0.3) is 0 Å². The Morgan fingerprint density at radius 2 is 1.90 bits per heavy atom. The van der Waals surface area contributed by atoms with E-state index in [2.05, 4.69) is 127 Å². The topological polar surface area (TPSA) is 52.5 Å². The molecule has 0 aromatic carbocycles. The van der Waals surface area contributed by atoms with Gasteiger partial charge in [0.2, 0.25) is 5.96 Å². The maximum absolute atomic E-state index is 5.73. The lowest BCUT2D eigenvalue weighted by Gasteiger charge is -2.36. The summed E-state index contributed by atoms with van der Waals surface area (Å²) in [5, 5.41) is 3.43. The van der Waals surface area contributed by atoms with Crippen LogP contribution in [0.5, 0.6) is 0 Å². The fraction of sp³-hybridized carbons (Fsp3) is 0.611. The van der Waals surface area contributed by atoms with Crippen LogP contribution in [-0.4, -0.2) is 79.1 Å². The number of allylic oxidation sites excluding steroid dienone is 8. The average molecular weight is 580 g/mol. The van der Waals surface area contributed by atoms with Crippen LogP contribution in [0.25, 0.3) is 0 Å². The van der Waals surface area contributed by atoms with Crippen LogP contribution >= 0.6 is 0 Å². The molecule has 1 N–H and O–H groups in total. The minimum absolute atomic E-state index is 0.174. The van der Waals surface area contributed by atoms with Crippen LogP contribution in [0.15, 0.2) is 81.9 Å². The molecule has 42 heavy (non-hydrogen) atoms. The van der Waals surface area contributed by atoms with E-state index in [-0.39, 0.29) is 12.1 Å². The number of guanidine groups is 1. The molecule has 0 aromatic heterocycles. The minimum atomic E-state index is -0.174. The molecule has 0 amide bonds. The van der Waals surface area contributed by atoms with Crippen LogP contribution in [0, 0.1) is 0 Å². The molecular formula is C36H61N5O. The van der Waals surface area contributed by atoms with Crippen LogP contribution in [0.3, 0.4) is 0 Å². The summed E-state index contributed by atoms with van der Waals surface area (Å²) in [4.78, 5) is 15.0. The number of nitrogens with one attached hydrogen (secondary N) is 1. The lowest BCUT2D eigenvalue weighted by molar-refractivity contribution is 0.0325. The maximum Gasteiger partial charge on any atom is 0.223 e. The zero-order valence-corrected chi connectivity index (χ0v) is 28.3. The third-order valence-electron chi connectivity index (χ3n) is 7.69. The van der Waals surface area contributed by atoms with Gasteiger partial charge in [-0.3, -0.25) is 0 Å². The molecule has 2 unspecified atom stereocenters. The van der Waals surface area contributed by atoms with Crippen molar-refractivity contribution in [2.24, 2.45) is 9.98 Å². The van der Waals surface area contributed by atoms with Crippen molar-refractivity contribution >= 4 is 11.8 Å². The van der Waals surface area contributed by atoms with Crippen molar-refractivity contribution in [3.8, 4) is 0 Å². The van der Waals surface area contributed by atoms with E-state index in [1.54, 1.807) is 0 Å². The number of rotatable bonds is 16. The molecule has 1 aliphatic rings. The molecule has 0 radical (unpaired) electrons. The van der Waals surface area contributed by atoms with Crippen LogP contribution in [0.2, 0.25) is 0 Å². The normalized spacial score (nSPS) is 19.6. The smallest absolute Gasteiger partial charge is 0.223 e. The number of nitrogens with zero attached hydrogens (tertiary/aromatic N) is 4. The molecule has 1 rings (SSSR count). The molecule has 1 heterocycles. The van der Waals surface area contributed by atoms with E-state index >= 15 is 0 Å². The quantitative estimate of drug-likeness (QED) is 0.0664. The van der Waals surface area contributed by atoms with Gasteiger partial charge in [0.05, 0.1) is 25.3 Å². The molecule has 0 saturated carbocycles. The number of unbranched alkanes of at least 4 members (excludes halogenated alkanes) is 1. The van der Waals surface area contributed by atoms with Crippen molar-refractivity contribution in [1.82, 2.24) is 15.1 Å². The van der Waals surface area contributed by atoms with Crippen LogP contribution < -0.4 is 5.32 Å². The van der Waals surface area contributed by atoms with Gasteiger partial charge >= 0.3 is 0 Å². The predicted octanol–water partition coefficient (Wildman–Crippen LogP) is 7.89. The van der Waals surface area contributed by atoms with Gasteiger partial charge in [-0.1, -0.05) is 75.8 Å². The molecule has 0 aliphatic carbocycles. The first-order chi connectivity index (χ1) is 20.2. The van der Waals surface area contributed by atoms with E-state index in [1.165, 1.54) is 24.0 Å². The van der Waals surface area contributed by atoms with Gasteiger partial charge in [0.15, 0.2) is 0 Å². The van der Waals surface area contributed by atoms with Crippen molar-refractivity contribution in [3.63, 3.8) is 0 Å². The lowest BCUT2D eigenvalue weighted by Crippen LogP contribution is -2.48. The van der Waals surface area contributed by atoms with Gasteiger partial charge in [0.1, 0.15) is 5.84 Å². The Bertz CT molecular complexity index is 1000. The molecule has 0 aromatic rings. The molecule has 3 atom stereocenters. The third-order valence-corrected chi connectivity index (χ3v) is 7.69. The fourth-order valence-corrected chi connectivity index (χ4v) is 4.73. The highest BCUT2D eigenvalue weighted by Crippen LogP contribution is 2.17. The Hall–Kier alpha value is -2.70. The lowest BCUT2D eigenvalue weighted by atomic mass is 10.0. The summed E-state index contributed by atoms with van der Waals surface area (Å²) in [7, 11) is 0. The first-order valence-corrected chi connectivity index (χ1v) is 16.2. The summed E-state index contributed by atoms with van der Waals surface area (Å²) in [6.45, 7) is 28.8. The van der Waals surface area contributed by atoms with Crippen LogP contribution in [-0.2, 0) is 4.74 Å². The molecule has 6 heteroatoms. The van der Waals surface area contributed by atoms with E-state index in [4.69, 9.17) is 14.7 Å². The predicted molar refractivity (Wildman–Crippen MR) is 186 cm³/mol. The third kappa shape index (κ3) is 13.5. The maximum atomic E-state index is 5.73. The summed E-state index contributed by atoms with van der Waals surface area (Å²) < 4.78 is 5.73. The average Bonchev–Trinajstić information content (AvgIpc) is 2.99. The number of morpholine rings is 1. The van der Waals surface area contributed by atoms with E-state index in [0.29, 0.717) is 19.3 Å². The first kappa shape index (κ1) is 37.3. The van der Waals surface area contributed by atoms with Crippen LogP contribution in [0.1, 0.15) is 88.0 Å². The Morgan fingerprint density at radius 1 is 1.14 bits per heavy atom. The molecule has 1 saturated heterocycles. The van der Waals surface area contributed by atoms with E-state index < -0.39 is 0 Å². The Kier molecular flexibility index (Phi) is 19.5. The molecule has 236 valence electrons. The van der Waals surface area contributed by atoms with Crippen LogP contribution in [0.4, 0.5) is 0 Å². The first-order valence-electron chi connectivity index (χ1n) is 16.2. The SMILES string of the molecule is C=CC(/N=C(\N=C(/C)N(CCC)[C@@H](C)CC)N1CCOCC1C)/C(C)=C\C=C(/C)C(=CC)/C=C\C=C\CNCCCC. The molecule has 1 fully saturated rings. The fourth-order valence-electron chi connectivity index (χ4n) is 4.73. The summed E-state index contributed by atoms with van der Waals surface area (Å²) in [6, 6.07) is 0.459. The Labute approximate surface area is 258 Å². The summed E-state index contributed by atoms with van der Waals surface area (Å²) >= 11 is 0. The minimum Gasteiger partial charge on any atom is -0.377 e.